The van der Waals surface area contributed by atoms with Crippen LogP contribution in [0, 0.1) is 5.92 Å². The smallest absolute Gasteiger partial charge is 0.416 e. The number of methoxy groups -OCH3 is 1. The summed E-state index contributed by atoms with van der Waals surface area (Å²) in [5.74, 6) is -0.674. The Morgan fingerprint density at radius 3 is 1.94 bits per heavy atom. The topological polar surface area (TPSA) is 80.6 Å². The lowest BCUT2D eigenvalue weighted by Gasteiger charge is -2.37. The second-order valence-electron chi connectivity index (χ2n) is 12.4. The number of aromatic nitrogens is 3. The Kier molecular flexibility index (Phi) is 9.35. The maximum atomic E-state index is 14.4. The fraction of sp³-hybridized carbons (Fsp3) is 0.231. The van der Waals surface area contributed by atoms with Crippen LogP contribution in [0.4, 0.5) is 23.1 Å². The Morgan fingerprint density at radius 1 is 0.843 bits per heavy atom. The number of benzene rings is 4. The Bertz CT molecular complexity index is 2030. The summed E-state index contributed by atoms with van der Waals surface area (Å²) in [7, 11) is 1.32. The number of imidazole rings is 1. The van der Waals surface area contributed by atoms with Crippen LogP contribution in [0.5, 0.6) is 0 Å². The number of carbonyl (C=O) groups is 2. The van der Waals surface area contributed by atoms with Gasteiger partial charge in [-0.3, -0.25) is 9.69 Å². The second kappa shape index (κ2) is 14.0. The highest BCUT2D eigenvalue weighted by molar-refractivity contribution is 7.22. The predicted molar refractivity (Wildman–Crippen MR) is 189 cm³/mol. The number of rotatable bonds is 8. The van der Waals surface area contributed by atoms with Crippen LogP contribution in [-0.4, -0.2) is 51.6 Å². The van der Waals surface area contributed by atoms with Crippen molar-refractivity contribution in [3.8, 4) is 0 Å². The first-order valence-corrected chi connectivity index (χ1v) is 17.3. The normalized spacial score (nSPS) is 14.1. The third kappa shape index (κ3) is 6.59. The molecule has 6 aromatic rings. The minimum atomic E-state index is -4.52. The number of ether oxygens (including phenoxy) is 1. The fourth-order valence-electron chi connectivity index (χ4n) is 6.88. The minimum Gasteiger partial charge on any atom is -0.453 e. The highest BCUT2D eigenvalue weighted by Gasteiger charge is 2.39. The van der Waals surface area contributed by atoms with Gasteiger partial charge in [-0.1, -0.05) is 102 Å². The number of likely N-dealkylation sites (tertiary alicyclic amines) is 1. The van der Waals surface area contributed by atoms with Gasteiger partial charge < -0.3 is 14.2 Å². The first-order chi connectivity index (χ1) is 24.7. The van der Waals surface area contributed by atoms with E-state index in [0.29, 0.717) is 41.8 Å². The molecule has 0 aliphatic carbocycles. The van der Waals surface area contributed by atoms with E-state index >= 15 is 0 Å². The van der Waals surface area contributed by atoms with Gasteiger partial charge in [-0.15, -0.1) is 0 Å². The molecule has 12 heteroatoms. The molecule has 260 valence electrons. The molecule has 7 rings (SSSR count). The van der Waals surface area contributed by atoms with Crippen molar-refractivity contribution >= 4 is 38.7 Å². The second-order valence-corrected chi connectivity index (χ2v) is 13.4. The van der Waals surface area contributed by atoms with Crippen LogP contribution in [0.2, 0.25) is 0 Å². The Balaban J connectivity index is 1.30. The average molecular weight is 710 g/mol. The van der Waals surface area contributed by atoms with E-state index in [0.717, 1.165) is 40.2 Å². The number of halogens is 3. The molecule has 2 amide bonds. The quantitative estimate of drug-likeness (QED) is 0.149. The Morgan fingerprint density at radius 2 is 1.41 bits per heavy atom. The van der Waals surface area contributed by atoms with E-state index in [2.05, 4.69) is 41.4 Å². The van der Waals surface area contributed by atoms with Gasteiger partial charge in [-0.05, 0) is 47.7 Å². The first-order valence-electron chi connectivity index (χ1n) is 16.5. The van der Waals surface area contributed by atoms with Crippen molar-refractivity contribution in [1.82, 2.24) is 19.4 Å². The summed E-state index contributed by atoms with van der Waals surface area (Å²) >= 11 is 1.03. The third-order valence-electron chi connectivity index (χ3n) is 9.40. The molecule has 1 fully saturated rings. The molecule has 2 aromatic heterocycles. The molecule has 3 heterocycles. The van der Waals surface area contributed by atoms with Gasteiger partial charge in [0.1, 0.15) is 5.54 Å². The fourth-order valence-corrected chi connectivity index (χ4v) is 7.89. The molecule has 0 N–H and O–H groups in total. The molecule has 51 heavy (non-hydrogen) atoms. The molecule has 4 aromatic carbocycles. The van der Waals surface area contributed by atoms with Crippen LogP contribution in [-0.2, 0) is 27.8 Å². The first kappa shape index (κ1) is 34.0. The molecule has 0 bridgehead atoms. The number of carbonyl (C=O) groups excluding carboxylic acids is 2. The molecular weight excluding hydrogens is 676 g/mol. The molecule has 0 saturated carbocycles. The number of anilines is 1. The van der Waals surface area contributed by atoms with Crippen molar-refractivity contribution in [3.05, 3.63) is 150 Å². The number of nitrogens with zero attached hydrogens (tertiary/aromatic N) is 5. The number of thiazole rings is 1. The zero-order valence-electron chi connectivity index (χ0n) is 27.7. The van der Waals surface area contributed by atoms with Gasteiger partial charge >= 0.3 is 12.3 Å². The van der Waals surface area contributed by atoms with E-state index in [9.17, 15) is 22.8 Å². The number of alkyl halides is 3. The van der Waals surface area contributed by atoms with Gasteiger partial charge in [0.15, 0.2) is 5.13 Å². The van der Waals surface area contributed by atoms with Crippen molar-refractivity contribution in [2.75, 3.05) is 25.1 Å². The van der Waals surface area contributed by atoms with E-state index in [1.54, 1.807) is 11.2 Å². The number of piperidine rings is 1. The average Bonchev–Trinajstić information content (AvgIpc) is 3.82. The van der Waals surface area contributed by atoms with Crippen molar-refractivity contribution in [2.24, 2.45) is 5.92 Å². The molecular formula is C39H34F3N5O3S. The summed E-state index contributed by atoms with van der Waals surface area (Å²) in [5.41, 5.74) is 2.33. The molecule has 1 aliphatic rings. The maximum Gasteiger partial charge on any atom is 0.416 e. The SMILES string of the molecule is COC(=O)N1CCC(C(=O)N(Cc2cn(C(c3ccccc3)(c3ccccc3)c3ccccc3)cn2)c2nc3ccc(C(F)(F)F)cc3s2)CC1. The minimum absolute atomic E-state index is 0.0312. The summed E-state index contributed by atoms with van der Waals surface area (Å²) in [4.78, 5) is 39.1. The number of hydrogen-bond acceptors (Lipinski definition) is 6. The molecule has 1 saturated heterocycles. The predicted octanol–water partition coefficient (Wildman–Crippen LogP) is 8.36. The lowest BCUT2D eigenvalue weighted by atomic mass is 9.77. The summed E-state index contributed by atoms with van der Waals surface area (Å²) in [6.07, 6.45) is -0.483. The van der Waals surface area contributed by atoms with Gasteiger partial charge in [0.25, 0.3) is 0 Å². The molecule has 8 nitrogen and oxygen atoms in total. The van der Waals surface area contributed by atoms with Gasteiger partial charge in [0.05, 0.1) is 41.5 Å². The van der Waals surface area contributed by atoms with E-state index in [1.165, 1.54) is 18.1 Å². The lowest BCUT2D eigenvalue weighted by Crippen LogP contribution is -2.44. The van der Waals surface area contributed by atoms with E-state index < -0.39 is 29.3 Å². The maximum absolute atomic E-state index is 14.4. The van der Waals surface area contributed by atoms with E-state index in [1.807, 2.05) is 65.4 Å². The van der Waals surface area contributed by atoms with Crippen LogP contribution in [0.3, 0.4) is 0 Å². The summed E-state index contributed by atoms with van der Waals surface area (Å²) in [5, 5.41) is 0.278. The number of hydrogen-bond donors (Lipinski definition) is 0. The van der Waals surface area contributed by atoms with Crippen molar-refractivity contribution in [2.45, 2.75) is 31.1 Å². The van der Waals surface area contributed by atoms with E-state index in [4.69, 9.17) is 9.72 Å². The summed E-state index contributed by atoms with van der Waals surface area (Å²) < 4.78 is 48.0. The largest absolute Gasteiger partial charge is 0.453 e. The zero-order chi connectivity index (χ0) is 35.6. The van der Waals surface area contributed by atoms with Crippen LogP contribution in [0.1, 0.15) is 40.8 Å². The summed E-state index contributed by atoms with van der Waals surface area (Å²) in [6.45, 7) is 0.714. The van der Waals surface area contributed by atoms with Crippen molar-refractivity contribution in [1.29, 1.82) is 0 Å². The molecule has 0 spiro atoms. The highest BCUT2D eigenvalue weighted by atomic mass is 32.1. The lowest BCUT2D eigenvalue weighted by molar-refractivity contribution is -0.137. The van der Waals surface area contributed by atoms with Crippen LogP contribution in [0.15, 0.2) is 122 Å². The summed E-state index contributed by atoms with van der Waals surface area (Å²) in [6, 6.07) is 33.7. The van der Waals surface area contributed by atoms with Gasteiger partial charge in [-0.2, -0.15) is 13.2 Å². The standard InChI is InChI=1S/C39H34F3N5O3S/c1-50-37(49)45-21-19-27(20-22-45)35(48)47(36-44-33-18-17-31(39(40,41)42)23-34(33)51-36)25-32-24-46(26-43-32)38(28-11-5-2-6-12-28,29-13-7-3-8-14-29)30-15-9-4-10-16-30/h2-18,23-24,26-27H,19-22,25H2,1H3. The van der Waals surface area contributed by atoms with Crippen LogP contribution >= 0.6 is 11.3 Å². The monoisotopic (exact) mass is 709 g/mol. The molecule has 0 atom stereocenters. The zero-order valence-corrected chi connectivity index (χ0v) is 28.5. The van der Waals surface area contributed by atoms with E-state index in [-0.39, 0.29) is 17.6 Å². The van der Waals surface area contributed by atoms with Crippen molar-refractivity contribution in [3.63, 3.8) is 0 Å². The molecule has 0 radical (unpaired) electrons. The molecule has 1 aliphatic heterocycles. The van der Waals surface area contributed by atoms with Crippen LogP contribution in [0.25, 0.3) is 10.2 Å². The highest BCUT2D eigenvalue weighted by Crippen LogP contribution is 2.41. The number of fused-ring (bicyclic) bond motifs is 1. The van der Waals surface area contributed by atoms with Crippen molar-refractivity contribution < 1.29 is 27.5 Å². The van der Waals surface area contributed by atoms with Gasteiger partial charge in [0, 0.05) is 25.2 Å². The Labute approximate surface area is 296 Å². The van der Waals surface area contributed by atoms with Gasteiger partial charge in [-0.25, -0.2) is 14.8 Å². The third-order valence-corrected chi connectivity index (χ3v) is 10.4. The Hall–Kier alpha value is -5.49. The van der Waals surface area contributed by atoms with Crippen LogP contribution < -0.4 is 4.90 Å². The molecule has 0 unspecified atom stereocenters. The van der Waals surface area contributed by atoms with Gasteiger partial charge in [0.2, 0.25) is 5.91 Å². The number of amides is 2.